The fourth-order valence-electron chi connectivity index (χ4n) is 2.29. The number of nitrogens with one attached hydrogen (secondary N) is 2. The first-order valence-corrected chi connectivity index (χ1v) is 11.3. The number of nitrogens with zero attached hydrogens (tertiary/aromatic N) is 2. The van der Waals surface area contributed by atoms with E-state index in [9.17, 15) is 16.8 Å². The van der Waals surface area contributed by atoms with Gasteiger partial charge in [-0.25, -0.2) is 16.8 Å². The molecule has 1 atom stereocenters. The van der Waals surface area contributed by atoms with E-state index in [2.05, 4.69) is 15.6 Å². The Labute approximate surface area is 148 Å². The molecule has 1 aromatic carbocycles. The van der Waals surface area contributed by atoms with E-state index in [-0.39, 0.29) is 5.69 Å². The Morgan fingerprint density at radius 1 is 1.20 bits per heavy atom. The Bertz CT molecular complexity index is 802. The normalized spacial score (nSPS) is 17.6. The van der Waals surface area contributed by atoms with Crippen LogP contribution in [0.15, 0.2) is 29.3 Å². The average Bonchev–Trinajstić information content (AvgIpc) is 2.88. The van der Waals surface area contributed by atoms with Crippen molar-refractivity contribution in [1.29, 1.82) is 0 Å². The minimum Gasteiger partial charge on any atom is -0.492 e. The van der Waals surface area contributed by atoms with Gasteiger partial charge in [-0.2, -0.15) is 3.71 Å². The summed E-state index contributed by atoms with van der Waals surface area (Å²) < 4.78 is 52.8. The minimum absolute atomic E-state index is 0.0361. The van der Waals surface area contributed by atoms with Gasteiger partial charge in [0.15, 0.2) is 5.96 Å². The van der Waals surface area contributed by atoms with Crippen molar-refractivity contribution in [3.8, 4) is 5.75 Å². The standard InChI is InChI=1S/C14H22N4O5S2/c1-11-10-16-14(17-11)15-8-9-23-13-6-4-12(5-7-13)18(24(2,19)20)25(3,21)22/h4-7,11H,8-10H2,1-3H3,(H2,15,16,17). The van der Waals surface area contributed by atoms with Crippen LogP contribution in [0, 0.1) is 0 Å². The highest BCUT2D eigenvalue weighted by Crippen LogP contribution is 2.23. The second kappa shape index (κ2) is 7.48. The molecule has 0 amide bonds. The van der Waals surface area contributed by atoms with Gasteiger partial charge in [-0.1, -0.05) is 0 Å². The van der Waals surface area contributed by atoms with E-state index in [4.69, 9.17) is 4.74 Å². The molecule has 11 heteroatoms. The number of guanidine groups is 1. The zero-order valence-electron chi connectivity index (χ0n) is 14.3. The average molecular weight is 390 g/mol. The fourth-order valence-corrected chi connectivity index (χ4v) is 5.27. The van der Waals surface area contributed by atoms with E-state index in [0.29, 0.717) is 28.7 Å². The minimum atomic E-state index is -3.95. The number of anilines is 1. The highest BCUT2D eigenvalue weighted by molar-refractivity contribution is 8.09. The van der Waals surface area contributed by atoms with E-state index in [1.54, 1.807) is 0 Å². The van der Waals surface area contributed by atoms with Crippen molar-refractivity contribution >= 4 is 31.7 Å². The van der Waals surface area contributed by atoms with Crippen LogP contribution in [-0.2, 0) is 20.0 Å². The summed E-state index contributed by atoms with van der Waals surface area (Å²) in [6.45, 7) is 3.68. The van der Waals surface area contributed by atoms with Gasteiger partial charge in [0.25, 0.3) is 0 Å². The van der Waals surface area contributed by atoms with E-state index < -0.39 is 20.0 Å². The molecule has 1 aliphatic heterocycles. The van der Waals surface area contributed by atoms with Crippen LogP contribution in [0.2, 0.25) is 0 Å². The maximum atomic E-state index is 11.7. The lowest BCUT2D eigenvalue weighted by molar-refractivity contribution is 0.322. The molecule has 1 unspecified atom stereocenters. The van der Waals surface area contributed by atoms with Crippen molar-refractivity contribution in [3.05, 3.63) is 24.3 Å². The van der Waals surface area contributed by atoms with Gasteiger partial charge in [0.2, 0.25) is 20.0 Å². The molecule has 1 aliphatic rings. The van der Waals surface area contributed by atoms with Crippen molar-refractivity contribution in [2.75, 3.05) is 35.9 Å². The van der Waals surface area contributed by atoms with Crippen molar-refractivity contribution < 1.29 is 21.6 Å². The molecule has 1 aromatic rings. The summed E-state index contributed by atoms with van der Waals surface area (Å²) in [6, 6.07) is 6.13. The van der Waals surface area contributed by atoms with Crippen molar-refractivity contribution in [2.45, 2.75) is 13.0 Å². The number of ether oxygens (including phenoxy) is 1. The molecule has 2 N–H and O–H groups in total. The van der Waals surface area contributed by atoms with Gasteiger partial charge >= 0.3 is 0 Å². The molecule has 2 rings (SSSR count). The quantitative estimate of drug-likeness (QED) is 0.615. The van der Waals surface area contributed by atoms with Gasteiger partial charge in [-0.05, 0) is 31.2 Å². The summed E-state index contributed by atoms with van der Waals surface area (Å²) in [7, 11) is -7.90. The molecule has 0 aromatic heterocycles. The van der Waals surface area contributed by atoms with Crippen molar-refractivity contribution in [1.82, 2.24) is 10.6 Å². The number of hydrogen-bond acceptors (Lipinski definition) is 8. The molecule has 0 fully saturated rings. The van der Waals surface area contributed by atoms with Gasteiger partial charge < -0.3 is 15.4 Å². The molecule has 9 nitrogen and oxygen atoms in total. The Hall–Kier alpha value is -2.01. The van der Waals surface area contributed by atoms with Gasteiger partial charge in [-0.15, -0.1) is 0 Å². The molecule has 0 saturated carbocycles. The first-order valence-electron chi connectivity index (χ1n) is 7.55. The van der Waals surface area contributed by atoms with Crippen LogP contribution in [0.25, 0.3) is 0 Å². The van der Waals surface area contributed by atoms with Gasteiger partial charge in [-0.3, -0.25) is 4.99 Å². The fraction of sp³-hybridized carbons (Fsp3) is 0.500. The third kappa shape index (κ3) is 5.49. The van der Waals surface area contributed by atoms with E-state index in [1.165, 1.54) is 24.3 Å². The molecule has 0 spiro atoms. The highest BCUT2D eigenvalue weighted by atomic mass is 32.3. The zero-order chi connectivity index (χ0) is 18.7. The maximum absolute atomic E-state index is 11.7. The number of benzene rings is 1. The molecule has 0 bridgehead atoms. The van der Waals surface area contributed by atoms with Gasteiger partial charge in [0.05, 0.1) is 31.3 Å². The third-order valence-electron chi connectivity index (χ3n) is 3.22. The zero-order valence-corrected chi connectivity index (χ0v) is 15.9. The number of aliphatic imine (C=N–C) groups is 1. The first kappa shape index (κ1) is 19.3. The SMILES string of the molecule is CC1CN=C(NCCOc2ccc(N(S(C)(=O)=O)S(C)(=O)=O)cc2)N1. The van der Waals surface area contributed by atoms with E-state index >= 15 is 0 Å². The number of rotatable bonds is 7. The summed E-state index contributed by atoms with van der Waals surface area (Å²) >= 11 is 0. The van der Waals surface area contributed by atoms with Crippen LogP contribution in [0.4, 0.5) is 5.69 Å². The monoisotopic (exact) mass is 390 g/mol. The van der Waals surface area contributed by atoms with Crippen molar-refractivity contribution in [3.63, 3.8) is 0 Å². The van der Waals surface area contributed by atoms with Crippen LogP contribution in [0.5, 0.6) is 5.75 Å². The summed E-state index contributed by atoms with van der Waals surface area (Å²) in [5.41, 5.74) is 0.0361. The van der Waals surface area contributed by atoms with Crippen LogP contribution < -0.4 is 19.1 Å². The maximum Gasteiger partial charge on any atom is 0.245 e. The molecule has 140 valence electrons. The summed E-state index contributed by atoms with van der Waals surface area (Å²) in [6.07, 6.45) is 1.68. The Morgan fingerprint density at radius 3 is 2.28 bits per heavy atom. The van der Waals surface area contributed by atoms with Crippen LogP contribution in [-0.4, -0.2) is 61.0 Å². The lowest BCUT2D eigenvalue weighted by atomic mass is 10.3. The van der Waals surface area contributed by atoms with Crippen LogP contribution >= 0.6 is 0 Å². The molecule has 0 saturated heterocycles. The second-order valence-electron chi connectivity index (χ2n) is 5.73. The third-order valence-corrected chi connectivity index (χ3v) is 6.47. The van der Waals surface area contributed by atoms with Gasteiger partial charge in [0.1, 0.15) is 12.4 Å². The van der Waals surface area contributed by atoms with Crippen LogP contribution in [0.1, 0.15) is 6.92 Å². The van der Waals surface area contributed by atoms with Crippen LogP contribution in [0.3, 0.4) is 0 Å². The topological polar surface area (TPSA) is 117 Å². The molecule has 1 heterocycles. The van der Waals surface area contributed by atoms with Gasteiger partial charge in [0, 0.05) is 6.04 Å². The molecular weight excluding hydrogens is 368 g/mol. The molecule has 0 radical (unpaired) electrons. The largest absolute Gasteiger partial charge is 0.492 e. The van der Waals surface area contributed by atoms with Crippen molar-refractivity contribution in [2.24, 2.45) is 4.99 Å². The highest BCUT2D eigenvalue weighted by Gasteiger charge is 2.27. The Kier molecular flexibility index (Phi) is 5.78. The lowest BCUT2D eigenvalue weighted by Crippen LogP contribution is -2.39. The first-order chi connectivity index (χ1) is 11.6. The Balaban J connectivity index is 1.93. The molecule has 0 aliphatic carbocycles. The number of sulfonamides is 2. The summed E-state index contributed by atoms with van der Waals surface area (Å²) in [5, 5.41) is 6.26. The summed E-state index contributed by atoms with van der Waals surface area (Å²) in [5.74, 6) is 1.24. The lowest BCUT2D eigenvalue weighted by Gasteiger charge is -2.19. The smallest absolute Gasteiger partial charge is 0.245 e. The molecular formula is C14H22N4O5S2. The van der Waals surface area contributed by atoms with E-state index in [0.717, 1.165) is 25.0 Å². The molecule has 25 heavy (non-hydrogen) atoms. The number of hydrogen-bond donors (Lipinski definition) is 2. The van der Waals surface area contributed by atoms with E-state index in [1.807, 2.05) is 6.92 Å². The second-order valence-corrected chi connectivity index (χ2v) is 9.62. The predicted molar refractivity (Wildman–Crippen MR) is 97.0 cm³/mol. The summed E-state index contributed by atoms with van der Waals surface area (Å²) in [4.78, 5) is 4.26. The Morgan fingerprint density at radius 2 is 1.80 bits per heavy atom. The predicted octanol–water partition coefficient (Wildman–Crippen LogP) is -0.272.